The molecule has 162 valence electrons. The van der Waals surface area contributed by atoms with E-state index in [2.05, 4.69) is 15.4 Å². The molecule has 2 heterocycles. The number of ether oxygens (including phenoxy) is 1. The summed E-state index contributed by atoms with van der Waals surface area (Å²) in [6.07, 6.45) is -4.56. The van der Waals surface area contributed by atoms with E-state index in [1.165, 1.54) is 24.4 Å². The summed E-state index contributed by atoms with van der Waals surface area (Å²) in [6.45, 7) is 3.26. The Balaban J connectivity index is 1.92. The molecule has 0 unspecified atom stereocenters. The van der Waals surface area contributed by atoms with E-state index in [-0.39, 0.29) is 28.8 Å². The minimum atomic E-state index is -4.56. The van der Waals surface area contributed by atoms with Gasteiger partial charge in [0.05, 0.1) is 17.9 Å². The number of carbonyl (C=O) groups is 2. The summed E-state index contributed by atoms with van der Waals surface area (Å²) in [7, 11) is 0. The van der Waals surface area contributed by atoms with Crippen LogP contribution < -0.4 is 10.7 Å². The summed E-state index contributed by atoms with van der Waals surface area (Å²) < 4.78 is 44.9. The van der Waals surface area contributed by atoms with Gasteiger partial charge in [-0.25, -0.2) is 14.5 Å². The fourth-order valence-electron chi connectivity index (χ4n) is 2.57. The first-order valence-corrected chi connectivity index (χ1v) is 9.70. The number of benzene rings is 1. The van der Waals surface area contributed by atoms with Gasteiger partial charge in [0.1, 0.15) is 0 Å². The molecule has 1 N–H and O–H groups in total. The van der Waals surface area contributed by atoms with Crippen molar-refractivity contribution in [2.75, 3.05) is 11.9 Å². The predicted octanol–water partition coefficient (Wildman–Crippen LogP) is 3.45. The van der Waals surface area contributed by atoms with Crippen molar-refractivity contribution in [1.82, 2.24) is 14.8 Å². The van der Waals surface area contributed by atoms with E-state index in [0.29, 0.717) is 0 Å². The molecule has 31 heavy (non-hydrogen) atoms. The molecule has 3 aromatic rings. The number of esters is 1. The number of rotatable bonds is 5. The molecule has 1 aromatic carbocycles. The van der Waals surface area contributed by atoms with Crippen molar-refractivity contribution in [3.8, 4) is 5.69 Å². The normalized spacial score (nSPS) is 11.3. The summed E-state index contributed by atoms with van der Waals surface area (Å²) in [4.78, 5) is 40.4. The Morgan fingerprint density at radius 3 is 2.68 bits per heavy atom. The fraction of sp³-hybridized carbons (Fsp3) is 0.211. The number of aryl methyl sites for hydroxylation is 1. The minimum absolute atomic E-state index is 0.0135. The van der Waals surface area contributed by atoms with Crippen molar-refractivity contribution >= 4 is 28.3 Å². The van der Waals surface area contributed by atoms with Crippen molar-refractivity contribution in [2.45, 2.75) is 20.0 Å². The Hall–Kier alpha value is -3.54. The quantitative estimate of drug-likeness (QED) is 0.595. The zero-order valence-electron chi connectivity index (χ0n) is 16.2. The number of halogens is 3. The first-order chi connectivity index (χ1) is 14.6. The number of nitrogens with one attached hydrogen (secondary N) is 1. The molecule has 0 bridgehead atoms. The van der Waals surface area contributed by atoms with E-state index >= 15 is 0 Å². The molecule has 0 aliphatic carbocycles. The molecule has 1 amide bonds. The van der Waals surface area contributed by atoms with Crippen LogP contribution in [0.3, 0.4) is 0 Å². The Kier molecular flexibility index (Phi) is 6.20. The molecule has 12 heteroatoms. The second-order valence-corrected chi connectivity index (χ2v) is 7.03. The number of thiazole rings is 1. The first kappa shape index (κ1) is 22.2. The van der Waals surface area contributed by atoms with Crippen LogP contribution in [0.1, 0.15) is 39.2 Å². The van der Waals surface area contributed by atoms with Gasteiger partial charge in [-0.15, -0.1) is 11.3 Å². The lowest BCUT2D eigenvalue weighted by Crippen LogP contribution is -2.27. The van der Waals surface area contributed by atoms with Crippen molar-refractivity contribution in [3.05, 3.63) is 68.6 Å². The molecular weight excluding hydrogens is 437 g/mol. The number of aromatic nitrogens is 3. The van der Waals surface area contributed by atoms with Crippen LogP contribution in [0.25, 0.3) is 5.69 Å². The molecule has 0 spiro atoms. The molecule has 0 saturated carbocycles. The highest BCUT2D eigenvalue weighted by molar-refractivity contribution is 7.14. The maximum atomic E-state index is 13.0. The SMILES string of the molecule is CCOC(=O)c1csc(NC(=O)c2nn(-c3cccc(C(F)(F)F)c3)c(C)cc2=O)n1. The van der Waals surface area contributed by atoms with E-state index in [0.717, 1.165) is 34.2 Å². The largest absolute Gasteiger partial charge is 0.461 e. The maximum Gasteiger partial charge on any atom is 0.416 e. The zero-order valence-corrected chi connectivity index (χ0v) is 17.0. The molecule has 0 aliphatic heterocycles. The molecule has 0 atom stereocenters. The van der Waals surface area contributed by atoms with Crippen LogP contribution >= 0.6 is 11.3 Å². The molecule has 0 fully saturated rings. The van der Waals surface area contributed by atoms with Crippen LogP contribution in [0.2, 0.25) is 0 Å². The third-order valence-electron chi connectivity index (χ3n) is 3.95. The molecular formula is C19H15F3N4O4S. The number of anilines is 1. The third-order valence-corrected chi connectivity index (χ3v) is 4.71. The van der Waals surface area contributed by atoms with E-state index in [4.69, 9.17) is 4.74 Å². The lowest BCUT2D eigenvalue weighted by Gasteiger charge is -2.13. The second-order valence-electron chi connectivity index (χ2n) is 6.17. The maximum absolute atomic E-state index is 13.0. The summed E-state index contributed by atoms with van der Waals surface area (Å²) >= 11 is 0.935. The number of nitrogens with zero attached hydrogens (tertiary/aromatic N) is 3. The van der Waals surface area contributed by atoms with Gasteiger partial charge in [-0.05, 0) is 32.0 Å². The summed E-state index contributed by atoms with van der Waals surface area (Å²) in [5.74, 6) is -1.59. The highest BCUT2D eigenvalue weighted by Crippen LogP contribution is 2.30. The van der Waals surface area contributed by atoms with Gasteiger partial charge < -0.3 is 4.74 Å². The minimum Gasteiger partial charge on any atom is -0.461 e. The molecule has 8 nitrogen and oxygen atoms in total. The average Bonchev–Trinajstić information content (AvgIpc) is 3.16. The fourth-order valence-corrected chi connectivity index (χ4v) is 3.24. The second kappa shape index (κ2) is 8.68. The first-order valence-electron chi connectivity index (χ1n) is 8.82. The Bertz CT molecular complexity index is 1200. The van der Waals surface area contributed by atoms with Crippen molar-refractivity contribution in [3.63, 3.8) is 0 Å². The standard InChI is InChI=1S/C19H15F3N4O4S/c1-3-30-17(29)13-9-31-18(23-13)24-16(28)15-14(27)7-10(2)26(25-15)12-6-4-5-11(8-12)19(20,21)22/h4-9H,3H2,1-2H3,(H,23,24,28). The van der Waals surface area contributed by atoms with Crippen LogP contribution in [0, 0.1) is 6.92 Å². The Labute approximate surface area is 177 Å². The number of alkyl halides is 3. The number of hydrogen-bond acceptors (Lipinski definition) is 7. The van der Waals surface area contributed by atoms with Crippen molar-refractivity contribution in [2.24, 2.45) is 0 Å². The summed E-state index contributed by atoms with van der Waals surface area (Å²) in [6, 6.07) is 5.42. The van der Waals surface area contributed by atoms with Gasteiger partial charge in [0.15, 0.2) is 16.5 Å². The predicted molar refractivity (Wildman–Crippen MR) is 106 cm³/mol. The van der Waals surface area contributed by atoms with Gasteiger partial charge in [0, 0.05) is 17.1 Å². The monoisotopic (exact) mass is 452 g/mol. The molecule has 3 rings (SSSR count). The number of hydrogen-bond donors (Lipinski definition) is 1. The topological polar surface area (TPSA) is 103 Å². The van der Waals surface area contributed by atoms with Gasteiger partial charge in [-0.1, -0.05) is 6.07 Å². The molecule has 0 radical (unpaired) electrons. The van der Waals surface area contributed by atoms with Crippen LogP contribution in [0.4, 0.5) is 18.3 Å². The highest BCUT2D eigenvalue weighted by atomic mass is 32.1. The van der Waals surface area contributed by atoms with Crippen molar-refractivity contribution < 1.29 is 27.5 Å². The van der Waals surface area contributed by atoms with Gasteiger partial charge in [-0.2, -0.15) is 18.3 Å². The Morgan fingerprint density at radius 2 is 2.00 bits per heavy atom. The Morgan fingerprint density at radius 1 is 1.26 bits per heavy atom. The van der Waals surface area contributed by atoms with E-state index in [1.807, 2.05) is 0 Å². The van der Waals surface area contributed by atoms with Crippen molar-refractivity contribution in [1.29, 1.82) is 0 Å². The smallest absolute Gasteiger partial charge is 0.416 e. The lowest BCUT2D eigenvalue weighted by molar-refractivity contribution is -0.137. The van der Waals surface area contributed by atoms with Gasteiger partial charge in [0.2, 0.25) is 5.43 Å². The molecule has 0 saturated heterocycles. The van der Waals surface area contributed by atoms with Crippen LogP contribution in [0.5, 0.6) is 0 Å². The van der Waals surface area contributed by atoms with Gasteiger partial charge in [0.25, 0.3) is 5.91 Å². The molecule has 0 aliphatic rings. The van der Waals surface area contributed by atoms with E-state index in [1.54, 1.807) is 6.92 Å². The summed E-state index contributed by atoms with van der Waals surface area (Å²) in [5, 5.41) is 7.70. The molecule has 2 aromatic heterocycles. The average molecular weight is 452 g/mol. The lowest BCUT2D eigenvalue weighted by atomic mass is 10.2. The van der Waals surface area contributed by atoms with Crippen LogP contribution in [0.15, 0.2) is 40.5 Å². The number of amides is 1. The number of carbonyl (C=O) groups excluding carboxylic acids is 2. The third kappa shape index (κ3) is 4.97. The zero-order chi connectivity index (χ0) is 22.8. The van der Waals surface area contributed by atoms with Crippen LogP contribution in [-0.2, 0) is 10.9 Å². The highest BCUT2D eigenvalue weighted by Gasteiger charge is 2.30. The van der Waals surface area contributed by atoms with E-state index in [9.17, 15) is 27.6 Å². The van der Waals surface area contributed by atoms with Gasteiger partial charge >= 0.3 is 12.1 Å². The van der Waals surface area contributed by atoms with Crippen LogP contribution in [-0.4, -0.2) is 33.2 Å². The van der Waals surface area contributed by atoms with Gasteiger partial charge in [-0.3, -0.25) is 14.9 Å². The van der Waals surface area contributed by atoms with E-state index < -0.39 is 34.7 Å². The summed E-state index contributed by atoms with van der Waals surface area (Å²) in [5.41, 5.74) is -1.91.